The number of amides is 1. The third-order valence-corrected chi connectivity index (χ3v) is 8.54. The van der Waals surface area contributed by atoms with E-state index in [1.807, 2.05) is 0 Å². The van der Waals surface area contributed by atoms with Gasteiger partial charge < -0.3 is 14.4 Å². The predicted molar refractivity (Wildman–Crippen MR) is 116 cm³/mol. The van der Waals surface area contributed by atoms with Crippen LogP contribution in [0, 0.1) is 0 Å². The van der Waals surface area contributed by atoms with Crippen LogP contribution in [0.1, 0.15) is 15.2 Å². The molecule has 1 aliphatic heterocycles. The maximum atomic E-state index is 13.0. The number of hydrogen-bond acceptors (Lipinski definition) is 7. The second kappa shape index (κ2) is 10.2. The zero-order valence-corrected chi connectivity index (χ0v) is 19.4. The molecule has 0 bridgehead atoms. The van der Waals surface area contributed by atoms with Crippen LogP contribution in [-0.4, -0.2) is 68.9 Å². The average molecular weight is 493 g/mol. The number of alkyl halides is 2. The molecule has 2 aromatic rings. The van der Waals surface area contributed by atoms with Gasteiger partial charge in [0, 0.05) is 38.2 Å². The Labute approximate surface area is 188 Å². The Balaban J connectivity index is 1.80. The van der Waals surface area contributed by atoms with Gasteiger partial charge in [0.1, 0.15) is 9.77 Å². The number of rotatable bonds is 8. The fourth-order valence-electron chi connectivity index (χ4n) is 3.11. The van der Waals surface area contributed by atoms with E-state index in [0.29, 0.717) is 30.2 Å². The Kier molecular flexibility index (Phi) is 7.78. The van der Waals surface area contributed by atoms with E-state index in [9.17, 15) is 22.0 Å². The summed E-state index contributed by atoms with van der Waals surface area (Å²) in [7, 11) is -0.909. The van der Waals surface area contributed by atoms with Crippen LogP contribution in [0.25, 0.3) is 0 Å². The number of carbonyl (C=O) groups excluding carboxylic acids is 1. The molecule has 1 fully saturated rings. The fraction of sp³-hybridized carbons (Fsp3) is 0.421. The lowest BCUT2D eigenvalue weighted by atomic mass is 10.2. The Hall–Kier alpha value is -1.89. The topological polar surface area (TPSA) is 76.2 Å². The van der Waals surface area contributed by atoms with Crippen molar-refractivity contribution in [1.82, 2.24) is 9.21 Å². The first kappa shape index (κ1) is 23.8. The smallest absolute Gasteiger partial charge is 0.387 e. The highest BCUT2D eigenvalue weighted by Gasteiger charge is 2.32. The largest absolute Gasteiger partial charge is 0.493 e. The van der Waals surface area contributed by atoms with Crippen molar-refractivity contribution in [3.05, 3.63) is 40.1 Å². The standard InChI is InChI=1S/C19H22F2N2O5S3/c1-22(12-13-3-4-14(27-2)15(11-13)28-19(20)21)18(24)17-16(5-8-30-17)31(25,26)23-6-9-29-10-7-23/h3-5,8,11,19H,6-7,9-10,12H2,1-2H3. The van der Waals surface area contributed by atoms with E-state index >= 15 is 0 Å². The van der Waals surface area contributed by atoms with Crippen LogP contribution < -0.4 is 9.47 Å². The molecule has 12 heteroatoms. The summed E-state index contributed by atoms with van der Waals surface area (Å²) in [5.41, 5.74) is 0.529. The van der Waals surface area contributed by atoms with Crippen LogP contribution in [0.15, 0.2) is 34.5 Å². The zero-order valence-electron chi connectivity index (χ0n) is 16.9. The fourth-order valence-corrected chi connectivity index (χ4v) is 7.07. The van der Waals surface area contributed by atoms with Crippen molar-refractivity contribution in [2.75, 3.05) is 38.8 Å². The molecule has 0 atom stereocenters. The van der Waals surface area contributed by atoms with Crippen molar-refractivity contribution in [3.8, 4) is 11.5 Å². The summed E-state index contributed by atoms with van der Waals surface area (Å²) >= 11 is 2.75. The number of thioether (sulfide) groups is 1. The molecule has 0 saturated carbocycles. The summed E-state index contributed by atoms with van der Waals surface area (Å²) in [5, 5.41) is 1.58. The first-order chi connectivity index (χ1) is 14.7. The Morgan fingerprint density at radius 2 is 1.94 bits per heavy atom. The van der Waals surface area contributed by atoms with Crippen molar-refractivity contribution >= 4 is 39.0 Å². The predicted octanol–water partition coefficient (Wildman–Crippen LogP) is 3.37. The highest BCUT2D eigenvalue weighted by Crippen LogP contribution is 2.31. The van der Waals surface area contributed by atoms with Crippen LogP contribution >= 0.6 is 23.1 Å². The lowest BCUT2D eigenvalue weighted by Crippen LogP contribution is -2.38. The van der Waals surface area contributed by atoms with Crippen LogP contribution in [0.2, 0.25) is 0 Å². The highest BCUT2D eigenvalue weighted by molar-refractivity contribution is 7.99. The molecule has 31 heavy (non-hydrogen) atoms. The molecule has 0 aliphatic carbocycles. The molecule has 170 valence electrons. The minimum atomic E-state index is -3.77. The van der Waals surface area contributed by atoms with Gasteiger partial charge in [-0.3, -0.25) is 4.79 Å². The van der Waals surface area contributed by atoms with Gasteiger partial charge in [-0.15, -0.1) is 11.3 Å². The second-order valence-electron chi connectivity index (χ2n) is 6.66. The molecule has 1 aromatic carbocycles. The number of thiophene rings is 1. The number of halogens is 2. The molecule has 0 spiro atoms. The van der Waals surface area contributed by atoms with E-state index in [4.69, 9.17) is 4.74 Å². The summed E-state index contributed by atoms with van der Waals surface area (Å²) in [5.74, 6) is 0.967. The second-order valence-corrected chi connectivity index (χ2v) is 10.7. The van der Waals surface area contributed by atoms with Gasteiger partial charge in [-0.2, -0.15) is 24.8 Å². The van der Waals surface area contributed by atoms with Gasteiger partial charge in [0.05, 0.1) is 7.11 Å². The number of hydrogen-bond donors (Lipinski definition) is 0. The van der Waals surface area contributed by atoms with E-state index in [-0.39, 0.29) is 27.8 Å². The summed E-state index contributed by atoms with van der Waals surface area (Å²) in [6, 6.07) is 5.91. The molecule has 7 nitrogen and oxygen atoms in total. The van der Waals surface area contributed by atoms with Crippen molar-refractivity contribution in [2.45, 2.75) is 18.1 Å². The van der Waals surface area contributed by atoms with Crippen molar-refractivity contribution < 1.29 is 31.5 Å². The first-order valence-corrected chi connectivity index (χ1v) is 12.7. The number of nitrogens with zero attached hydrogens (tertiary/aromatic N) is 2. The van der Waals surface area contributed by atoms with Gasteiger partial charge in [0.15, 0.2) is 11.5 Å². The van der Waals surface area contributed by atoms with Crippen molar-refractivity contribution in [1.29, 1.82) is 0 Å². The maximum absolute atomic E-state index is 13.0. The number of sulfonamides is 1. The monoisotopic (exact) mass is 492 g/mol. The molecule has 1 saturated heterocycles. The Morgan fingerprint density at radius 1 is 1.23 bits per heavy atom. The minimum Gasteiger partial charge on any atom is -0.493 e. The van der Waals surface area contributed by atoms with Crippen LogP contribution in [0.5, 0.6) is 11.5 Å². The number of methoxy groups -OCH3 is 1. The van der Waals surface area contributed by atoms with Gasteiger partial charge in [-0.05, 0) is 29.1 Å². The molecule has 1 aromatic heterocycles. The third kappa shape index (κ3) is 5.48. The average Bonchev–Trinajstić information content (AvgIpc) is 3.24. The molecule has 0 unspecified atom stereocenters. The van der Waals surface area contributed by atoms with Gasteiger partial charge in [0.2, 0.25) is 10.0 Å². The molecule has 0 radical (unpaired) electrons. The normalized spacial score (nSPS) is 15.1. The SMILES string of the molecule is COc1ccc(CN(C)C(=O)c2sccc2S(=O)(=O)N2CCSCC2)cc1OC(F)F. The molecule has 1 amide bonds. The maximum Gasteiger partial charge on any atom is 0.387 e. The summed E-state index contributed by atoms with van der Waals surface area (Å²) in [6.07, 6.45) is 0. The molecule has 0 N–H and O–H groups in total. The van der Waals surface area contributed by atoms with Gasteiger partial charge in [-0.1, -0.05) is 6.07 Å². The van der Waals surface area contributed by atoms with E-state index < -0.39 is 22.5 Å². The van der Waals surface area contributed by atoms with Crippen LogP contribution in [0.4, 0.5) is 8.78 Å². The molecule has 3 rings (SSSR count). The van der Waals surface area contributed by atoms with Gasteiger partial charge >= 0.3 is 6.61 Å². The Bertz CT molecular complexity index is 1020. The first-order valence-electron chi connectivity index (χ1n) is 9.26. The summed E-state index contributed by atoms with van der Waals surface area (Å²) in [4.78, 5) is 14.5. The van der Waals surface area contributed by atoms with Crippen molar-refractivity contribution in [2.24, 2.45) is 0 Å². The van der Waals surface area contributed by atoms with Crippen molar-refractivity contribution in [3.63, 3.8) is 0 Å². The number of carbonyl (C=O) groups is 1. The zero-order chi connectivity index (χ0) is 22.6. The number of benzene rings is 1. The van der Waals surface area contributed by atoms with E-state index in [1.165, 1.54) is 41.6 Å². The van der Waals surface area contributed by atoms with E-state index in [0.717, 1.165) is 11.3 Å². The lowest BCUT2D eigenvalue weighted by molar-refractivity contribution is -0.0512. The summed E-state index contributed by atoms with van der Waals surface area (Å²) < 4.78 is 62.2. The minimum absolute atomic E-state index is 0.00213. The van der Waals surface area contributed by atoms with Gasteiger partial charge in [0.25, 0.3) is 5.91 Å². The molecular weight excluding hydrogens is 470 g/mol. The molecule has 1 aliphatic rings. The van der Waals surface area contributed by atoms with Crippen LogP contribution in [-0.2, 0) is 16.6 Å². The Morgan fingerprint density at radius 3 is 2.58 bits per heavy atom. The van der Waals surface area contributed by atoms with Gasteiger partial charge in [-0.25, -0.2) is 8.42 Å². The molecular formula is C19H22F2N2O5S3. The third-order valence-electron chi connectivity index (χ3n) is 4.62. The van der Waals surface area contributed by atoms with E-state index in [1.54, 1.807) is 23.2 Å². The number of ether oxygens (including phenoxy) is 2. The summed E-state index contributed by atoms with van der Waals surface area (Å²) in [6.45, 7) is -2.13. The highest BCUT2D eigenvalue weighted by atomic mass is 32.2. The van der Waals surface area contributed by atoms with E-state index in [2.05, 4.69) is 4.74 Å². The lowest BCUT2D eigenvalue weighted by Gasteiger charge is -2.26. The molecule has 2 heterocycles. The van der Waals surface area contributed by atoms with Crippen LogP contribution in [0.3, 0.4) is 0 Å². The quantitative estimate of drug-likeness (QED) is 0.563.